The van der Waals surface area contributed by atoms with Crippen molar-refractivity contribution in [1.82, 2.24) is 9.80 Å². The van der Waals surface area contributed by atoms with Crippen molar-refractivity contribution in [3.63, 3.8) is 0 Å². The number of ether oxygens (including phenoxy) is 1. The van der Waals surface area contributed by atoms with Crippen LogP contribution in [0.2, 0.25) is 0 Å². The van der Waals surface area contributed by atoms with Crippen LogP contribution in [0, 0.1) is 5.41 Å². The van der Waals surface area contributed by atoms with Gasteiger partial charge in [-0.3, -0.25) is 4.79 Å². The summed E-state index contributed by atoms with van der Waals surface area (Å²) in [5, 5.41) is 0. The van der Waals surface area contributed by atoms with Crippen molar-refractivity contribution < 1.29 is 14.3 Å². The van der Waals surface area contributed by atoms with E-state index in [4.69, 9.17) is 4.74 Å². The summed E-state index contributed by atoms with van der Waals surface area (Å²) in [5.74, 6) is 0.214. The van der Waals surface area contributed by atoms with Crippen molar-refractivity contribution in [2.75, 3.05) is 19.6 Å². The Balaban J connectivity index is 2.08. The van der Waals surface area contributed by atoms with Gasteiger partial charge >= 0.3 is 6.09 Å². The van der Waals surface area contributed by atoms with Gasteiger partial charge in [0.05, 0.1) is 5.41 Å². The summed E-state index contributed by atoms with van der Waals surface area (Å²) in [6.45, 7) is 11.7. The van der Waals surface area contributed by atoms with Gasteiger partial charge < -0.3 is 14.5 Å². The molecule has 2 fully saturated rings. The van der Waals surface area contributed by atoms with Crippen LogP contribution in [0.5, 0.6) is 0 Å². The largest absolute Gasteiger partial charge is 0.444 e. The van der Waals surface area contributed by atoms with E-state index in [0.29, 0.717) is 13.1 Å². The minimum absolute atomic E-state index is 0.214. The highest BCUT2D eigenvalue weighted by Crippen LogP contribution is 2.41. The smallest absolute Gasteiger partial charge is 0.410 e. The number of amides is 2. The molecular formula is C16H28N2O3. The molecule has 2 heterocycles. The second-order valence-electron chi connectivity index (χ2n) is 7.63. The lowest BCUT2D eigenvalue weighted by Crippen LogP contribution is -2.51. The van der Waals surface area contributed by atoms with E-state index in [1.165, 1.54) is 0 Å². The van der Waals surface area contributed by atoms with Crippen molar-refractivity contribution in [2.45, 2.75) is 65.5 Å². The first-order chi connectivity index (χ1) is 9.65. The van der Waals surface area contributed by atoms with Gasteiger partial charge in [0.1, 0.15) is 5.60 Å². The molecule has 2 rings (SSSR count). The Hall–Kier alpha value is -1.26. The highest BCUT2D eigenvalue weighted by molar-refractivity contribution is 5.86. The molecule has 5 heteroatoms. The fraction of sp³-hybridized carbons (Fsp3) is 0.875. The fourth-order valence-electron chi connectivity index (χ4n) is 3.33. The predicted octanol–water partition coefficient (Wildman–Crippen LogP) is 2.64. The van der Waals surface area contributed by atoms with Crippen LogP contribution in [-0.4, -0.2) is 53.1 Å². The van der Waals surface area contributed by atoms with Crippen molar-refractivity contribution in [3.8, 4) is 0 Å². The van der Waals surface area contributed by atoms with Gasteiger partial charge in [0, 0.05) is 25.7 Å². The molecule has 1 atom stereocenters. The number of carbonyl (C=O) groups excluding carboxylic acids is 2. The molecule has 0 radical (unpaired) electrons. The predicted molar refractivity (Wildman–Crippen MR) is 80.9 cm³/mol. The average Bonchev–Trinajstić information content (AvgIpc) is 2.65. The van der Waals surface area contributed by atoms with Crippen molar-refractivity contribution in [2.24, 2.45) is 5.41 Å². The summed E-state index contributed by atoms with van der Waals surface area (Å²) in [7, 11) is 0. The Morgan fingerprint density at radius 1 is 1.24 bits per heavy atom. The first-order valence-corrected chi connectivity index (χ1v) is 7.94. The molecule has 2 saturated heterocycles. The molecule has 0 bridgehead atoms. The van der Waals surface area contributed by atoms with Crippen molar-refractivity contribution in [3.05, 3.63) is 0 Å². The van der Waals surface area contributed by atoms with E-state index < -0.39 is 5.60 Å². The monoisotopic (exact) mass is 296 g/mol. The summed E-state index contributed by atoms with van der Waals surface area (Å²) in [4.78, 5) is 28.6. The SMILES string of the molecule is CC(C)N1CCC2(CCCN(C(=O)OC(C)(C)C)C2)C1=O. The zero-order valence-corrected chi connectivity index (χ0v) is 13.9. The molecule has 5 nitrogen and oxygen atoms in total. The van der Waals surface area contributed by atoms with Crippen LogP contribution in [0.25, 0.3) is 0 Å². The molecule has 120 valence electrons. The third-order valence-electron chi connectivity index (χ3n) is 4.40. The van der Waals surface area contributed by atoms with Gasteiger partial charge in [0.25, 0.3) is 0 Å². The Bertz CT molecular complexity index is 428. The lowest BCUT2D eigenvalue weighted by molar-refractivity contribution is -0.139. The van der Waals surface area contributed by atoms with Gasteiger partial charge in [-0.1, -0.05) is 0 Å². The molecule has 0 aromatic carbocycles. The summed E-state index contributed by atoms with van der Waals surface area (Å²) < 4.78 is 5.45. The van der Waals surface area contributed by atoms with Crippen LogP contribution >= 0.6 is 0 Å². The van der Waals surface area contributed by atoms with E-state index in [0.717, 1.165) is 25.8 Å². The van der Waals surface area contributed by atoms with Gasteiger partial charge in [-0.05, 0) is 53.9 Å². The molecule has 2 aliphatic heterocycles. The summed E-state index contributed by atoms with van der Waals surface area (Å²) in [5.41, 5.74) is -0.870. The van der Waals surface area contributed by atoms with Gasteiger partial charge in [-0.15, -0.1) is 0 Å². The zero-order valence-electron chi connectivity index (χ0n) is 13.9. The Kier molecular flexibility index (Phi) is 4.22. The van der Waals surface area contributed by atoms with Gasteiger partial charge in [-0.25, -0.2) is 4.79 Å². The van der Waals surface area contributed by atoms with E-state index >= 15 is 0 Å². The molecule has 1 unspecified atom stereocenters. The quantitative estimate of drug-likeness (QED) is 0.747. The molecule has 0 aliphatic carbocycles. The fourth-order valence-corrected chi connectivity index (χ4v) is 3.33. The topological polar surface area (TPSA) is 49.9 Å². The molecule has 0 aromatic rings. The van der Waals surface area contributed by atoms with Crippen LogP contribution in [-0.2, 0) is 9.53 Å². The number of likely N-dealkylation sites (tertiary alicyclic amines) is 2. The van der Waals surface area contributed by atoms with Crippen LogP contribution in [0.1, 0.15) is 53.9 Å². The van der Waals surface area contributed by atoms with Crippen LogP contribution in [0.3, 0.4) is 0 Å². The lowest BCUT2D eigenvalue weighted by Gasteiger charge is -2.39. The maximum Gasteiger partial charge on any atom is 0.410 e. The van der Waals surface area contributed by atoms with E-state index in [1.807, 2.05) is 39.5 Å². The minimum Gasteiger partial charge on any atom is -0.444 e. The van der Waals surface area contributed by atoms with Crippen LogP contribution in [0.15, 0.2) is 0 Å². The molecule has 1 spiro atoms. The van der Waals surface area contributed by atoms with E-state index in [-0.39, 0.29) is 23.5 Å². The summed E-state index contributed by atoms with van der Waals surface area (Å²) in [6.07, 6.45) is 2.31. The second-order valence-corrected chi connectivity index (χ2v) is 7.63. The maximum atomic E-state index is 12.7. The molecule has 0 saturated carbocycles. The maximum absolute atomic E-state index is 12.7. The van der Waals surface area contributed by atoms with Gasteiger partial charge in [0.15, 0.2) is 0 Å². The lowest BCUT2D eigenvalue weighted by atomic mass is 9.78. The molecule has 0 aromatic heterocycles. The number of piperidine rings is 1. The first-order valence-electron chi connectivity index (χ1n) is 7.94. The summed E-state index contributed by atoms with van der Waals surface area (Å²) >= 11 is 0. The summed E-state index contributed by atoms with van der Waals surface area (Å²) in [6, 6.07) is 0.230. The number of rotatable bonds is 1. The minimum atomic E-state index is -0.495. The molecule has 0 N–H and O–H groups in total. The van der Waals surface area contributed by atoms with Crippen molar-refractivity contribution in [1.29, 1.82) is 0 Å². The normalized spacial score (nSPS) is 26.9. The van der Waals surface area contributed by atoms with E-state index in [2.05, 4.69) is 0 Å². The van der Waals surface area contributed by atoms with Gasteiger partial charge in [-0.2, -0.15) is 0 Å². The Labute approximate surface area is 127 Å². The number of hydrogen-bond donors (Lipinski definition) is 0. The highest BCUT2D eigenvalue weighted by atomic mass is 16.6. The van der Waals surface area contributed by atoms with Crippen molar-refractivity contribution >= 4 is 12.0 Å². The van der Waals surface area contributed by atoms with E-state index in [1.54, 1.807) is 4.90 Å². The number of carbonyl (C=O) groups is 2. The third kappa shape index (κ3) is 3.33. The highest BCUT2D eigenvalue weighted by Gasteiger charge is 2.50. The van der Waals surface area contributed by atoms with Crippen LogP contribution < -0.4 is 0 Å². The molecule has 2 aliphatic rings. The zero-order chi connectivity index (χ0) is 15.8. The standard InChI is InChI=1S/C16H28N2O3/c1-12(2)18-10-8-16(13(18)19)7-6-9-17(11-16)14(20)21-15(3,4)5/h12H,6-11H2,1-5H3. The molecule has 2 amide bonds. The molecule has 21 heavy (non-hydrogen) atoms. The van der Waals surface area contributed by atoms with Gasteiger partial charge in [0.2, 0.25) is 5.91 Å². The third-order valence-corrected chi connectivity index (χ3v) is 4.40. The Morgan fingerprint density at radius 2 is 1.90 bits per heavy atom. The first kappa shape index (κ1) is 16.1. The Morgan fingerprint density at radius 3 is 2.43 bits per heavy atom. The molecular weight excluding hydrogens is 268 g/mol. The number of nitrogens with zero attached hydrogens (tertiary/aromatic N) is 2. The van der Waals surface area contributed by atoms with E-state index in [9.17, 15) is 9.59 Å². The average molecular weight is 296 g/mol. The van der Waals surface area contributed by atoms with Crippen LogP contribution in [0.4, 0.5) is 4.79 Å². The number of hydrogen-bond acceptors (Lipinski definition) is 3. The second kappa shape index (κ2) is 5.50.